The quantitative estimate of drug-likeness (QED) is 0.384. The van der Waals surface area contributed by atoms with Crippen LogP contribution in [0.5, 0.6) is 0 Å². The van der Waals surface area contributed by atoms with Gasteiger partial charge in [-0.1, -0.05) is 59.3 Å². The van der Waals surface area contributed by atoms with Crippen molar-refractivity contribution < 1.29 is 4.57 Å². The highest BCUT2D eigenvalue weighted by molar-refractivity contribution is 5.15. The predicted molar refractivity (Wildman–Crippen MR) is 88.0 cm³/mol. The van der Waals surface area contributed by atoms with Crippen LogP contribution in [0.25, 0.3) is 0 Å². The molecule has 0 aliphatic carbocycles. The normalized spacial score (nSPS) is 10.9. The van der Waals surface area contributed by atoms with Gasteiger partial charge in [-0.2, -0.15) is 0 Å². The summed E-state index contributed by atoms with van der Waals surface area (Å²) in [4.78, 5) is 0. The maximum atomic E-state index is 2.44. The highest BCUT2D eigenvalue weighted by Gasteiger charge is 2.07. The zero-order valence-electron chi connectivity index (χ0n) is 14.0. The fourth-order valence-electron chi connectivity index (χ4n) is 2.83. The van der Waals surface area contributed by atoms with E-state index in [0.29, 0.717) is 0 Å². The van der Waals surface area contributed by atoms with Crippen molar-refractivity contribution in [3.05, 3.63) is 29.6 Å². The van der Waals surface area contributed by atoms with Crippen LogP contribution in [0.2, 0.25) is 0 Å². The number of hydrogen-bond acceptors (Lipinski definition) is 0. The second-order valence-electron chi connectivity index (χ2n) is 6.06. The number of aryl methyl sites for hydroxylation is 3. The van der Waals surface area contributed by atoms with Crippen molar-refractivity contribution in [2.75, 3.05) is 0 Å². The standard InChI is InChI=1S/C19H34N/c1-4-7-8-9-10-11-14-20-16-18(12-5-2)15-19(17-20)13-6-3/h15-17H,4-14H2,1-3H3/q+1. The van der Waals surface area contributed by atoms with Crippen LogP contribution in [0.4, 0.5) is 0 Å². The van der Waals surface area contributed by atoms with Gasteiger partial charge in [0.1, 0.15) is 6.54 Å². The first-order valence-corrected chi connectivity index (χ1v) is 8.82. The molecule has 20 heavy (non-hydrogen) atoms. The minimum absolute atomic E-state index is 1.19. The molecule has 1 rings (SSSR count). The van der Waals surface area contributed by atoms with Gasteiger partial charge >= 0.3 is 0 Å². The molecule has 0 spiro atoms. The van der Waals surface area contributed by atoms with Gasteiger partial charge in [-0.25, -0.2) is 4.57 Å². The molecular formula is C19H34N+. The largest absolute Gasteiger partial charge is 0.205 e. The highest BCUT2D eigenvalue weighted by Crippen LogP contribution is 2.08. The Labute approximate surface area is 126 Å². The van der Waals surface area contributed by atoms with E-state index in [4.69, 9.17) is 0 Å². The first-order valence-electron chi connectivity index (χ1n) is 8.82. The summed E-state index contributed by atoms with van der Waals surface area (Å²) in [7, 11) is 0. The second-order valence-corrected chi connectivity index (χ2v) is 6.06. The molecule has 0 atom stereocenters. The molecule has 0 radical (unpaired) electrons. The van der Waals surface area contributed by atoms with Crippen molar-refractivity contribution in [1.29, 1.82) is 0 Å². The van der Waals surface area contributed by atoms with Crippen molar-refractivity contribution in [2.24, 2.45) is 0 Å². The van der Waals surface area contributed by atoms with Crippen LogP contribution in [0, 0.1) is 0 Å². The van der Waals surface area contributed by atoms with Crippen LogP contribution >= 0.6 is 0 Å². The third-order valence-corrected chi connectivity index (χ3v) is 3.88. The maximum Gasteiger partial charge on any atom is 0.171 e. The molecule has 0 aromatic carbocycles. The number of rotatable bonds is 11. The molecule has 0 aliphatic rings. The zero-order chi connectivity index (χ0) is 14.6. The molecule has 0 amide bonds. The molecule has 1 heterocycles. The fraction of sp³-hybridized carbons (Fsp3) is 0.737. The van der Waals surface area contributed by atoms with Crippen LogP contribution in [0.15, 0.2) is 18.5 Å². The lowest BCUT2D eigenvalue weighted by Gasteiger charge is -2.05. The minimum Gasteiger partial charge on any atom is -0.205 e. The third-order valence-electron chi connectivity index (χ3n) is 3.88. The fourth-order valence-corrected chi connectivity index (χ4v) is 2.83. The van der Waals surface area contributed by atoms with Crippen LogP contribution in [0.3, 0.4) is 0 Å². The molecule has 114 valence electrons. The molecule has 1 heteroatoms. The zero-order valence-corrected chi connectivity index (χ0v) is 14.0. The van der Waals surface area contributed by atoms with Crippen molar-refractivity contribution in [3.8, 4) is 0 Å². The molecule has 0 N–H and O–H groups in total. The Hall–Kier alpha value is -0.850. The lowest BCUT2D eigenvalue weighted by Crippen LogP contribution is -2.34. The van der Waals surface area contributed by atoms with E-state index in [1.54, 1.807) is 0 Å². The van der Waals surface area contributed by atoms with Gasteiger partial charge in [0.15, 0.2) is 12.4 Å². The number of aromatic nitrogens is 1. The van der Waals surface area contributed by atoms with Gasteiger partial charge in [-0.15, -0.1) is 0 Å². The highest BCUT2D eigenvalue weighted by atomic mass is 14.9. The lowest BCUT2D eigenvalue weighted by atomic mass is 10.1. The molecule has 1 aromatic rings. The molecule has 0 aliphatic heterocycles. The maximum absolute atomic E-state index is 2.44. The first-order chi connectivity index (χ1) is 9.80. The van der Waals surface area contributed by atoms with Gasteiger partial charge in [0.25, 0.3) is 0 Å². The van der Waals surface area contributed by atoms with Gasteiger partial charge in [-0.05, 0) is 25.3 Å². The van der Waals surface area contributed by atoms with Crippen molar-refractivity contribution in [1.82, 2.24) is 0 Å². The second kappa shape index (κ2) is 10.9. The molecule has 0 fully saturated rings. The van der Waals surface area contributed by atoms with Crippen LogP contribution < -0.4 is 4.57 Å². The van der Waals surface area contributed by atoms with Gasteiger partial charge in [0.05, 0.1) is 0 Å². The molecule has 0 saturated carbocycles. The molecule has 1 nitrogen and oxygen atoms in total. The summed E-state index contributed by atoms with van der Waals surface area (Å²) < 4.78 is 2.44. The Morgan fingerprint density at radius 3 is 1.80 bits per heavy atom. The summed E-state index contributed by atoms with van der Waals surface area (Å²) in [5, 5.41) is 0. The summed E-state index contributed by atoms with van der Waals surface area (Å²) in [6, 6.07) is 2.41. The number of unbranched alkanes of at least 4 members (excludes halogenated alkanes) is 5. The monoisotopic (exact) mass is 276 g/mol. The summed E-state index contributed by atoms with van der Waals surface area (Å²) in [6.07, 6.45) is 17.9. The predicted octanol–water partition coefficient (Wildman–Crippen LogP) is 5.24. The number of hydrogen-bond donors (Lipinski definition) is 0. The van der Waals surface area contributed by atoms with Gasteiger partial charge < -0.3 is 0 Å². The van der Waals surface area contributed by atoms with Crippen LogP contribution in [-0.2, 0) is 19.4 Å². The molecule has 0 bridgehead atoms. The van der Waals surface area contributed by atoms with E-state index in [1.165, 1.54) is 81.9 Å². The Bertz CT molecular complexity index is 333. The summed E-state index contributed by atoms with van der Waals surface area (Å²) in [6.45, 7) is 8.01. The Morgan fingerprint density at radius 2 is 1.25 bits per heavy atom. The lowest BCUT2D eigenvalue weighted by molar-refractivity contribution is -0.698. The smallest absolute Gasteiger partial charge is 0.171 e. The average Bonchev–Trinajstić information content (AvgIpc) is 2.43. The van der Waals surface area contributed by atoms with E-state index >= 15 is 0 Å². The van der Waals surface area contributed by atoms with Crippen LogP contribution in [0.1, 0.15) is 83.3 Å². The SMILES string of the molecule is CCCCCCCC[n+]1cc(CCC)cc(CCC)c1. The summed E-state index contributed by atoms with van der Waals surface area (Å²) >= 11 is 0. The Kier molecular flexibility index (Phi) is 9.36. The van der Waals surface area contributed by atoms with E-state index in [9.17, 15) is 0 Å². The van der Waals surface area contributed by atoms with E-state index in [0.717, 1.165) is 0 Å². The number of pyridine rings is 1. The molecule has 1 aromatic heterocycles. The van der Waals surface area contributed by atoms with Crippen molar-refractivity contribution in [3.63, 3.8) is 0 Å². The molecule has 0 unspecified atom stereocenters. The van der Waals surface area contributed by atoms with Gasteiger partial charge in [-0.3, -0.25) is 0 Å². The summed E-state index contributed by atoms with van der Waals surface area (Å²) in [5.74, 6) is 0. The number of nitrogens with zero attached hydrogens (tertiary/aromatic N) is 1. The van der Waals surface area contributed by atoms with E-state index in [1.807, 2.05) is 0 Å². The van der Waals surface area contributed by atoms with E-state index in [-0.39, 0.29) is 0 Å². The third kappa shape index (κ3) is 7.07. The van der Waals surface area contributed by atoms with Crippen molar-refractivity contribution >= 4 is 0 Å². The first kappa shape index (κ1) is 17.2. The van der Waals surface area contributed by atoms with Crippen LogP contribution in [-0.4, -0.2) is 0 Å². The minimum atomic E-state index is 1.19. The Balaban J connectivity index is 2.46. The molecule has 0 saturated heterocycles. The van der Waals surface area contributed by atoms with E-state index in [2.05, 4.69) is 43.8 Å². The average molecular weight is 276 g/mol. The van der Waals surface area contributed by atoms with Gasteiger partial charge in [0, 0.05) is 17.5 Å². The molecular weight excluding hydrogens is 242 g/mol. The topological polar surface area (TPSA) is 3.88 Å². The van der Waals surface area contributed by atoms with Crippen molar-refractivity contribution in [2.45, 2.75) is 91.5 Å². The summed E-state index contributed by atoms with van der Waals surface area (Å²) in [5.41, 5.74) is 3.04. The van der Waals surface area contributed by atoms with E-state index < -0.39 is 0 Å². The van der Waals surface area contributed by atoms with Gasteiger partial charge in [0.2, 0.25) is 0 Å². The Morgan fingerprint density at radius 1 is 0.700 bits per heavy atom.